The Morgan fingerprint density at radius 1 is 1.25 bits per heavy atom. The smallest absolute Gasteiger partial charge is 0.195 e. The van der Waals surface area contributed by atoms with Gasteiger partial charge in [-0.25, -0.2) is 9.37 Å². The molecule has 3 nitrogen and oxygen atoms in total. The Morgan fingerprint density at radius 3 is 2.80 bits per heavy atom. The Labute approximate surface area is 130 Å². The molecule has 0 aliphatic rings. The van der Waals surface area contributed by atoms with Crippen LogP contribution in [0.3, 0.4) is 0 Å². The topological polar surface area (TPSA) is 45.8 Å². The van der Waals surface area contributed by atoms with Gasteiger partial charge in [0.2, 0.25) is 0 Å². The lowest BCUT2D eigenvalue weighted by atomic mass is 10.0. The second kappa shape index (κ2) is 5.10. The molecule has 0 fully saturated rings. The van der Waals surface area contributed by atoms with Crippen LogP contribution in [0.25, 0.3) is 11.0 Å². The first-order valence-electron chi connectivity index (χ1n) is 5.68. The monoisotopic (exact) mass is 396 g/mol. The summed E-state index contributed by atoms with van der Waals surface area (Å²) in [6, 6.07) is 6.13. The minimum atomic E-state index is -0.463. The molecule has 3 rings (SSSR count). The molecule has 0 amide bonds. The Morgan fingerprint density at radius 2 is 2.05 bits per heavy atom. The number of rotatable bonds is 2. The second-order valence-electron chi connectivity index (χ2n) is 4.21. The van der Waals surface area contributed by atoms with Crippen molar-refractivity contribution in [3.8, 4) is 0 Å². The summed E-state index contributed by atoms with van der Waals surface area (Å²) in [5.74, 6) is -0.711. The molecule has 1 aromatic carbocycles. The van der Waals surface area contributed by atoms with Crippen molar-refractivity contribution in [3.05, 3.63) is 62.5 Å². The molecule has 3 aromatic rings. The van der Waals surface area contributed by atoms with Crippen LogP contribution in [0.4, 0.5) is 4.39 Å². The number of aromatic amines is 1. The summed E-state index contributed by atoms with van der Waals surface area (Å²) in [6.07, 6.45) is 3.23. The van der Waals surface area contributed by atoms with Gasteiger partial charge in [0.15, 0.2) is 5.78 Å². The lowest BCUT2D eigenvalue weighted by Crippen LogP contribution is -2.01. The van der Waals surface area contributed by atoms with Crippen LogP contribution >= 0.6 is 31.9 Å². The molecule has 0 atom stereocenters. The van der Waals surface area contributed by atoms with E-state index in [0.717, 1.165) is 4.47 Å². The van der Waals surface area contributed by atoms with Gasteiger partial charge in [0.1, 0.15) is 11.5 Å². The number of hydrogen-bond acceptors (Lipinski definition) is 2. The number of nitrogens with one attached hydrogen (secondary N) is 1. The Hall–Kier alpha value is -1.53. The summed E-state index contributed by atoms with van der Waals surface area (Å²) < 4.78 is 14.6. The standard InChI is InChI=1S/C14H7Br2FN2O/c15-8-4-9-10(6-19-14(9)18-5-8)13(20)7-1-2-11(16)12(17)3-7/h1-6H,(H,18,19). The van der Waals surface area contributed by atoms with E-state index in [-0.39, 0.29) is 5.78 Å². The molecule has 20 heavy (non-hydrogen) atoms. The van der Waals surface area contributed by atoms with Crippen LogP contribution in [0.5, 0.6) is 0 Å². The van der Waals surface area contributed by atoms with E-state index in [1.807, 2.05) is 0 Å². The van der Waals surface area contributed by atoms with Crippen molar-refractivity contribution < 1.29 is 9.18 Å². The molecule has 0 unspecified atom stereocenters. The van der Waals surface area contributed by atoms with Gasteiger partial charge in [0.25, 0.3) is 0 Å². The van der Waals surface area contributed by atoms with E-state index in [0.29, 0.717) is 26.6 Å². The third kappa shape index (κ3) is 2.29. The fourth-order valence-corrected chi connectivity index (χ4v) is 2.54. The van der Waals surface area contributed by atoms with Crippen molar-refractivity contribution >= 4 is 48.7 Å². The number of carbonyl (C=O) groups is 1. The molecule has 0 saturated carbocycles. The van der Waals surface area contributed by atoms with Crippen LogP contribution in [0.2, 0.25) is 0 Å². The highest BCUT2D eigenvalue weighted by Gasteiger charge is 2.16. The van der Waals surface area contributed by atoms with Crippen molar-refractivity contribution in [3.63, 3.8) is 0 Å². The Balaban J connectivity index is 2.12. The molecule has 0 bridgehead atoms. The molecule has 1 N–H and O–H groups in total. The van der Waals surface area contributed by atoms with Crippen molar-refractivity contribution in [1.29, 1.82) is 0 Å². The van der Waals surface area contributed by atoms with Gasteiger partial charge >= 0.3 is 0 Å². The van der Waals surface area contributed by atoms with Gasteiger partial charge < -0.3 is 4.98 Å². The van der Waals surface area contributed by atoms with E-state index in [9.17, 15) is 9.18 Å². The number of nitrogens with zero attached hydrogens (tertiary/aromatic N) is 1. The highest BCUT2D eigenvalue weighted by molar-refractivity contribution is 9.10. The number of aromatic nitrogens is 2. The van der Waals surface area contributed by atoms with E-state index >= 15 is 0 Å². The fraction of sp³-hybridized carbons (Fsp3) is 0. The summed E-state index contributed by atoms with van der Waals surface area (Å²) in [6.45, 7) is 0. The number of fused-ring (bicyclic) bond motifs is 1. The Bertz CT molecular complexity index is 829. The van der Waals surface area contributed by atoms with Gasteiger partial charge in [-0.2, -0.15) is 0 Å². The van der Waals surface area contributed by atoms with Gasteiger partial charge in [-0.1, -0.05) is 0 Å². The van der Waals surface area contributed by atoms with Crippen LogP contribution in [-0.4, -0.2) is 15.8 Å². The molecule has 0 saturated heterocycles. The van der Waals surface area contributed by atoms with Gasteiger partial charge in [0, 0.05) is 33.4 Å². The average Bonchev–Trinajstić information content (AvgIpc) is 2.84. The summed E-state index contributed by atoms with van der Waals surface area (Å²) in [7, 11) is 0. The summed E-state index contributed by atoms with van der Waals surface area (Å²) in [4.78, 5) is 19.6. The number of carbonyl (C=O) groups excluding carboxylic acids is 1. The van der Waals surface area contributed by atoms with E-state index in [4.69, 9.17) is 0 Å². The van der Waals surface area contributed by atoms with Gasteiger partial charge in [-0.15, -0.1) is 0 Å². The second-order valence-corrected chi connectivity index (χ2v) is 5.98. The zero-order valence-electron chi connectivity index (χ0n) is 9.95. The molecule has 2 heterocycles. The van der Waals surface area contributed by atoms with E-state index in [1.54, 1.807) is 24.5 Å². The summed E-state index contributed by atoms with van der Waals surface area (Å²) in [5, 5.41) is 0.702. The minimum absolute atomic E-state index is 0.248. The van der Waals surface area contributed by atoms with Gasteiger partial charge in [-0.05, 0) is 56.1 Å². The predicted octanol–water partition coefficient (Wildman–Crippen LogP) is 4.46. The first-order chi connectivity index (χ1) is 9.56. The van der Waals surface area contributed by atoms with Gasteiger partial charge in [-0.3, -0.25) is 4.79 Å². The van der Waals surface area contributed by atoms with Crippen molar-refractivity contribution in [1.82, 2.24) is 9.97 Å². The molecular weight excluding hydrogens is 391 g/mol. The molecule has 2 aromatic heterocycles. The van der Waals surface area contributed by atoms with Crippen LogP contribution in [0, 0.1) is 5.82 Å². The average molecular weight is 398 g/mol. The lowest BCUT2D eigenvalue weighted by Gasteiger charge is -2.01. The van der Waals surface area contributed by atoms with Crippen LogP contribution in [0.1, 0.15) is 15.9 Å². The molecular formula is C14H7Br2FN2O. The van der Waals surface area contributed by atoms with Crippen molar-refractivity contribution in [2.75, 3.05) is 0 Å². The highest BCUT2D eigenvalue weighted by atomic mass is 79.9. The Kier molecular flexibility index (Phi) is 3.43. The van der Waals surface area contributed by atoms with Crippen LogP contribution < -0.4 is 0 Å². The number of halogens is 3. The molecule has 100 valence electrons. The summed E-state index contributed by atoms with van der Waals surface area (Å²) >= 11 is 6.39. The predicted molar refractivity (Wildman–Crippen MR) is 81.3 cm³/mol. The van der Waals surface area contributed by atoms with E-state index < -0.39 is 5.82 Å². The fourth-order valence-electron chi connectivity index (χ4n) is 1.96. The van der Waals surface area contributed by atoms with Crippen molar-refractivity contribution in [2.45, 2.75) is 0 Å². The van der Waals surface area contributed by atoms with Crippen molar-refractivity contribution in [2.24, 2.45) is 0 Å². The van der Waals surface area contributed by atoms with Crippen LogP contribution in [0.15, 0.2) is 45.6 Å². The largest absolute Gasteiger partial charge is 0.345 e. The zero-order chi connectivity index (χ0) is 14.3. The first-order valence-corrected chi connectivity index (χ1v) is 7.27. The van der Waals surface area contributed by atoms with Crippen LogP contribution in [-0.2, 0) is 0 Å². The third-order valence-corrected chi connectivity index (χ3v) is 4.00. The summed E-state index contributed by atoms with van der Waals surface area (Å²) in [5.41, 5.74) is 1.39. The molecule has 0 aliphatic heterocycles. The number of pyridine rings is 1. The molecule has 0 radical (unpaired) electrons. The maximum Gasteiger partial charge on any atom is 0.195 e. The van der Waals surface area contributed by atoms with Gasteiger partial charge in [0.05, 0.1) is 4.47 Å². The zero-order valence-corrected chi connectivity index (χ0v) is 13.1. The number of H-pyrrole nitrogens is 1. The molecule has 0 spiro atoms. The lowest BCUT2D eigenvalue weighted by molar-refractivity contribution is 0.104. The quantitative estimate of drug-likeness (QED) is 0.649. The first kappa shape index (κ1) is 13.5. The maximum absolute atomic E-state index is 13.5. The molecule has 6 heteroatoms. The van der Waals surface area contributed by atoms with E-state index in [1.165, 1.54) is 12.1 Å². The SMILES string of the molecule is O=C(c1ccc(Br)c(F)c1)c1c[nH]c2ncc(Br)cc12. The number of ketones is 1. The minimum Gasteiger partial charge on any atom is -0.345 e. The number of benzene rings is 1. The maximum atomic E-state index is 13.5. The normalized spacial score (nSPS) is 10.9. The van der Waals surface area contributed by atoms with E-state index in [2.05, 4.69) is 41.8 Å². The third-order valence-electron chi connectivity index (χ3n) is 2.92. The number of hydrogen-bond donors (Lipinski definition) is 1. The molecule has 0 aliphatic carbocycles. The highest BCUT2D eigenvalue weighted by Crippen LogP contribution is 2.24.